The van der Waals surface area contributed by atoms with E-state index in [1.165, 1.54) is 0 Å². The van der Waals surface area contributed by atoms with Crippen LogP contribution in [0.3, 0.4) is 0 Å². The first kappa shape index (κ1) is 31.8. The Morgan fingerprint density at radius 1 is 1.02 bits per heavy atom. The van der Waals surface area contributed by atoms with Crippen LogP contribution in [-0.4, -0.2) is 60.5 Å². The van der Waals surface area contributed by atoms with E-state index in [4.69, 9.17) is 37.8 Å². The molecule has 1 fully saturated rings. The number of methoxy groups -OCH3 is 1. The van der Waals surface area contributed by atoms with Gasteiger partial charge in [-0.05, 0) is 42.7 Å². The van der Waals surface area contributed by atoms with Crippen LogP contribution in [0, 0.1) is 0 Å². The van der Waals surface area contributed by atoms with Crippen molar-refractivity contribution in [3.8, 4) is 28.1 Å². The van der Waals surface area contributed by atoms with E-state index in [-0.39, 0.29) is 18.2 Å². The normalized spacial score (nSPS) is 13.5. The smallest absolute Gasteiger partial charge is 0.274 e. The van der Waals surface area contributed by atoms with E-state index >= 15 is 0 Å². The van der Waals surface area contributed by atoms with Crippen molar-refractivity contribution in [3.63, 3.8) is 0 Å². The van der Waals surface area contributed by atoms with Crippen molar-refractivity contribution in [2.75, 3.05) is 38.8 Å². The number of pyridine rings is 2. The Morgan fingerprint density at radius 3 is 2.59 bits per heavy atom. The third kappa shape index (κ3) is 7.74. The SMILES string of the molecule is COc1cc(-c2nccc(-c3cccc(NC(=O)c4ccc(CNCCO)cn4)c3Cl)c2Cl)ccc1CNC1CCOCC1. The topological polar surface area (TPSA) is 118 Å². The van der Waals surface area contributed by atoms with E-state index in [9.17, 15) is 4.79 Å². The summed E-state index contributed by atoms with van der Waals surface area (Å²) >= 11 is 13.8. The van der Waals surface area contributed by atoms with Gasteiger partial charge in [0.15, 0.2) is 0 Å². The predicted octanol–water partition coefficient (Wildman–Crippen LogP) is 5.73. The number of ether oxygens (including phenoxy) is 2. The van der Waals surface area contributed by atoms with Gasteiger partial charge in [-0.2, -0.15) is 0 Å². The summed E-state index contributed by atoms with van der Waals surface area (Å²) in [6.07, 6.45) is 5.30. The third-order valence-electron chi connectivity index (χ3n) is 7.46. The number of aromatic nitrogens is 2. The number of hydrogen-bond donors (Lipinski definition) is 4. The van der Waals surface area contributed by atoms with Crippen LogP contribution in [0.2, 0.25) is 10.0 Å². The van der Waals surface area contributed by atoms with Gasteiger partial charge in [0, 0.05) is 73.5 Å². The molecular weight excluding hydrogens is 601 g/mol. The number of carbonyl (C=O) groups excluding carboxylic acids is 1. The second kappa shape index (κ2) is 15.4. The molecule has 1 amide bonds. The molecule has 11 heteroatoms. The molecular formula is C33H35Cl2N5O4. The molecule has 0 atom stereocenters. The van der Waals surface area contributed by atoms with Gasteiger partial charge in [-0.15, -0.1) is 0 Å². The van der Waals surface area contributed by atoms with E-state index in [0.717, 1.165) is 48.5 Å². The Bertz CT molecular complexity index is 1580. The number of aliphatic hydroxyl groups is 1. The van der Waals surface area contributed by atoms with Crippen molar-refractivity contribution in [3.05, 3.63) is 93.9 Å². The van der Waals surface area contributed by atoms with E-state index in [0.29, 0.717) is 58.2 Å². The van der Waals surface area contributed by atoms with Gasteiger partial charge >= 0.3 is 0 Å². The van der Waals surface area contributed by atoms with E-state index in [2.05, 4.69) is 25.9 Å². The minimum Gasteiger partial charge on any atom is -0.496 e. The third-order valence-corrected chi connectivity index (χ3v) is 8.25. The first-order valence-electron chi connectivity index (χ1n) is 14.5. The number of carbonyl (C=O) groups is 1. The van der Waals surface area contributed by atoms with Gasteiger partial charge in [0.25, 0.3) is 5.91 Å². The Balaban J connectivity index is 1.34. The average molecular weight is 637 g/mol. The quantitative estimate of drug-likeness (QED) is 0.146. The van der Waals surface area contributed by atoms with Crippen molar-refractivity contribution in [2.24, 2.45) is 0 Å². The lowest BCUT2D eigenvalue weighted by Gasteiger charge is -2.23. The number of nitrogens with one attached hydrogen (secondary N) is 3. The second-order valence-corrected chi connectivity index (χ2v) is 11.1. The fourth-order valence-electron chi connectivity index (χ4n) is 5.04. The molecule has 9 nitrogen and oxygen atoms in total. The fourth-order valence-corrected chi connectivity index (χ4v) is 5.64. The van der Waals surface area contributed by atoms with Crippen LogP contribution in [0.15, 0.2) is 67.0 Å². The van der Waals surface area contributed by atoms with Gasteiger partial charge in [0.1, 0.15) is 11.4 Å². The summed E-state index contributed by atoms with van der Waals surface area (Å²) in [5.41, 5.74) is 5.37. The number of rotatable bonds is 12. The summed E-state index contributed by atoms with van der Waals surface area (Å²) < 4.78 is 11.2. The highest BCUT2D eigenvalue weighted by atomic mass is 35.5. The van der Waals surface area contributed by atoms with Gasteiger partial charge in [-0.3, -0.25) is 14.8 Å². The van der Waals surface area contributed by atoms with Crippen molar-refractivity contribution in [1.29, 1.82) is 0 Å². The van der Waals surface area contributed by atoms with E-state index < -0.39 is 0 Å². The molecule has 4 N–H and O–H groups in total. The highest BCUT2D eigenvalue weighted by molar-refractivity contribution is 6.39. The second-order valence-electron chi connectivity index (χ2n) is 10.4. The number of hydrogen-bond acceptors (Lipinski definition) is 8. The predicted molar refractivity (Wildman–Crippen MR) is 173 cm³/mol. The maximum Gasteiger partial charge on any atom is 0.274 e. The van der Waals surface area contributed by atoms with Crippen molar-refractivity contribution < 1.29 is 19.4 Å². The van der Waals surface area contributed by atoms with Gasteiger partial charge in [0.05, 0.1) is 35.1 Å². The Labute approximate surface area is 266 Å². The molecule has 2 aromatic heterocycles. The molecule has 1 saturated heterocycles. The van der Waals surface area contributed by atoms with Gasteiger partial charge in [0.2, 0.25) is 0 Å². The molecule has 1 aliphatic rings. The molecule has 230 valence electrons. The monoisotopic (exact) mass is 635 g/mol. The average Bonchev–Trinajstić information content (AvgIpc) is 3.06. The maximum absolute atomic E-state index is 13.0. The lowest BCUT2D eigenvalue weighted by Crippen LogP contribution is -2.34. The van der Waals surface area contributed by atoms with Crippen molar-refractivity contribution in [1.82, 2.24) is 20.6 Å². The minimum atomic E-state index is -0.390. The van der Waals surface area contributed by atoms with Crippen LogP contribution in [-0.2, 0) is 17.8 Å². The van der Waals surface area contributed by atoms with Gasteiger partial charge in [-0.1, -0.05) is 53.5 Å². The fraction of sp³-hybridized carbons (Fsp3) is 0.303. The maximum atomic E-state index is 13.0. The van der Waals surface area contributed by atoms with Crippen LogP contribution in [0.1, 0.15) is 34.5 Å². The zero-order chi connectivity index (χ0) is 30.9. The largest absolute Gasteiger partial charge is 0.496 e. The van der Waals surface area contributed by atoms with Crippen LogP contribution in [0.25, 0.3) is 22.4 Å². The number of benzene rings is 2. The van der Waals surface area contributed by atoms with Gasteiger partial charge < -0.3 is 30.5 Å². The van der Waals surface area contributed by atoms with E-state index in [1.54, 1.807) is 43.8 Å². The molecule has 44 heavy (non-hydrogen) atoms. The van der Waals surface area contributed by atoms with Crippen LogP contribution in [0.4, 0.5) is 5.69 Å². The first-order valence-corrected chi connectivity index (χ1v) is 15.2. The lowest BCUT2D eigenvalue weighted by atomic mass is 10.0. The zero-order valence-corrected chi connectivity index (χ0v) is 25.9. The molecule has 1 aliphatic heterocycles. The Hall–Kier alpha value is -3.57. The molecule has 4 aromatic rings. The summed E-state index contributed by atoms with van der Waals surface area (Å²) in [5.74, 6) is 0.357. The van der Waals surface area contributed by atoms with Crippen molar-refractivity contribution in [2.45, 2.75) is 32.0 Å². The molecule has 3 heterocycles. The summed E-state index contributed by atoms with van der Waals surface area (Å²) in [5, 5.41) is 19.2. The Kier molecular flexibility index (Phi) is 11.2. The first-order chi connectivity index (χ1) is 21.5. The Morgan fingerprint density at radius 2 is 1.84 bits per heavy atom. The molecule has 0 saturated carbocycles. The van der Waals surface area contributed by atoms with Crippen molar-refractivity contribution >= 4 is 34.8 Å². The summed E-state index contributed by atoms with van der Waals surface area (Å²) in [6.45, 7) is 3.33. The standard InChI is InChI=1S/C33H35Cl2N5O4/c1-43-29-17-22(6-7-23(29)20-38-24-10-15-44-16-11-24)32-31(35)26(9-12-37-32)25-3-2-4-27(30(25)34)40-33(42)28-8-5-21(19-39-28)18-36-13-14-41/h2-9,12,17,19,24,36,38,41H,10-11,13-16,18,20H2,1H3,(H,40,42). The summed E-state index contributed by atoms with van der Waals surface area (Å²) in [7, 11) is 1.66. The van der Waals surface area contributed by atoms with Crippen LogP contribution < -0.4 is 20.7 Å². The van der Waals surface area contributed by atoms with Gasteiger partial charge in [-0.25, -0.2) is 0 Å². The number of nitrogens with zero attached hydrogens (tertiary/aromatic N) is 2. The summed E-state index contributed by atoms with van der Waals surface area (Å²) in [4.78, 5) is 21.8. The number of amides is 1. The molecule has 0 aliphatic carbocycles. The highest BCUT2D eigenvalue weighted by Gasteiger charge is 2.19. The lowest BCUT2D eigenvalue weighted by molar-refractivity contribution is 0.0775. The van der Waals surface area contributed by atoms with Crippen LogP contribution in [0.5, 0.6) is 5.75 Å². The molecule has 0 spiro atoms. The molecule has 2 aromatic carbocycles. The minimum absolute atomic E-state index is 0.0524. The molecule has 5 rings (SSSR count). The zero-order valence-electron chi connectivity index (χ0n) is 24.4. The molecule has 0 unspecified atom stereocenters. The number of halogens is 2. The molecule has 0 bridgehead atoms. The number of anilines is 1. The highest BCUT2D eigenvalue weighted by Crippen LogP contribution is 2.41. The molecule has 0 radical (unpaired) electrons. The summed E-state index contributed by atoms with van der Waals surface area (Å²) in [6, 6.07) is 17.0. The van der Waals surface area contributed by atoms with Crippen LogP contribution >= 0.6 is 23.2 Å². The number of aliphatic hydroxyl groups excluding tert-OH is 1. The van der Waals surface area contributed by atoms with E-state index in [1.807, 2.05) is 30.3 Å².